The zero-order chi connectivity index (χ0) is 19.5. The van der Waals surface area contributed by atoms with E-state index < -0.39 is 23.3 Å². The summed E-state index contributed by atoms with van der Waals surface area (Å²) in [5, 5.41) is 2.09. The number of rotatable bonds is 6. The molecule has 2 aromatic carbocycles. The van der Waals surface area contributed by atoms with E-state index in [1.54, 1.807) is 25.1 Å². The van der Waals surface area contributed by atoms with Crippen LogP contribution in [0.5, 0.6) is 5.75 Å². The van der Waals surface area contributed by atoms with Crippen LogP contribution in [0.4, 0.5) is 20.2 Å². The minimum absolute atomic E-state index is 0.0601. The monoisotopic (exact) mass is 363 g/mol. The first-order valence-electron chi connectivity index (χ1n) is 7.61. The van der Waals surface area contributed by atoms with Gasteiger partial charge in [0.25, 0.3) is 11.8 Å². The highest BCUT2D eigenvalue weighted by Crippen LogP contribution is 2.32. The topological polar surface area (TPSA) is 84.7 Å². The predicted molar refractivity (Wildman–Crippen MR) is 94.8 cm³/mol. The quantitative estimate of drug-likeness (QED) is 0.826. The van der Waals surface area contributed by atoms with Gasteiger partial charge in [0.1, 0.15) is 5.75 Å². The minimum atomic E-state index is -3.80. The van der Waals surface area contributed by atoms with Crippen LogP contribution in [0.1, 0.15) is 15.9 Å². The van der Waals surface area contributed by atoms with Gasteiger partial charge in [-0.3, -0.25) is 9.59 Å². The van der Waals surface area contributed by atoms with Crippen molar-refractivity contribution >= 4 is 23.2 Å². The molecule has 6 nitrogen and oxygen atoms in total. The number of nitrogens with zero attached hydrogens (tertiary/aromatic N) is 1. The van der Waals surface area contributed by atoms with E-state index in [0.29, 0.717) is 11.4 Å². The summed E-state index contributed by atoms with van der Waals surface area (Å²) in [6.45, 7) is 0. The summed E-state index contributed by atoms with van der Waals surface area (Å²) in [6, 6.07) is 9.22. The average molecular weight is 363 g/mol. The summed E-state index contributed by atoms with van der Waals surface area (Å²) >= 11 is 0. The third-order valence-corrected chi connectivity index (χ3v) is 3.77. The third-order valence-electron chi connectivity index (χ3n) is 3.77. The van der Waals surface area contributed by atoms with Crippen LogP contribution in [-0.4, -0.2) is 33.0 Å². The van der Waals surface area contributed by atoms with Crippen molar-refractivity contribution in [2.75, 3.05) is 31.4 Å². The second kappa shape index (κ2) is 7.38. The van der Waals surface area contributed by atoms with Crippen molar-refractivity contribution < 1.29 is 23.1 Å². The summed E-state index contributed by atoms with van der Waals surface area (Å²) in [5.41, 5.74) is 5.30. The van der Waals surface area contributed by atoms with E-state index in [0.717, 1.165) is 12.1 Å². The van der Waals surface area contributed by atoms with Gasteiger partial charge in [-0.15, -0.1) is 0 Å². The molecule has 0 aromatic heterocycles. The molecule has 0 unspecified atom stereocenters. The molecule has 0 aliphatic rings. The molecule has 0 heterocycles. The van der Waals surface area contributed by atoms with Gasteiger partial charge in [-0.1, -0.05) is 0 Å². The van der Waals surface area contributed by atoms with Crippen LogP contribution in [0.3, 0.4) is 0 Å². The Bertz CT molecular complexity index is 821. The smallest absolute Gasteiger partial charge is 0.350 e. The van der Waals surface area contributed by atoms with Gasteiger partial charge in [-0.05, 0) is 42.5 Å². The van der Waals surface area contributed by atoms with Crippen molar-refractivity contribution in [3.63, 3.8) is 0 Å². The van der Waals surface area contributed by atoms with E-state index in [-0.39, 0.29) is 11.3 Å². The van der Waals surface area contributed by atoms with Crippen LogP contribution in [0.25, 0.3) is 0 Å². The number of carbonyl (C=O) groups excluding carboxylic acids is 2. The van der Waals surface area contributed by atoms with Crippen molar-refractivity contribution in [3.8, 4) is 5.75 Å². The standard InChI is InChI=1S/C18H19F2N3O3/c1-23(2)12-6-9-15(14(10-12)16(21)24)22-17(25)18(19,20)11-4-7-13(26-3)8-5-11/h4-10H,1-3H3,(H2,21,24)(H,22,25). The highest BCUT2D eigenvalue weighted by molar-refractivity contribution is 6.05. The number of hydrogen-bond donors (Lipinski definition) is 2. The molecule has 3 N–H and O–H groups in total. The summed E-state index contributed by atoms with van der Waals surface area (Å²) < 4.78 is 33.8. The lowest BCUT2D eigenvalue weighted by molar-refractivity contribution is -0.140. The van der Waals surface area contributed by atoms with Crippen molar-refractivity contribution in [3.05, 3.63) is 53.6 Å². The average Bonchev–Trinajstić information content (AvgIpc) is 2.61. The second-order valence-electron chi connectivity index (χ2n) is 5.75. The largest absolute Gasteiger partial charge is 0.497 e. The molecule has 2 amide bonds. The molecule has 0 fully saturated rings. The number of alkyl halides is 2. The number of halogens is 2. The number of nitrogens with one attached hydrogen (secondary N) is 1. The fourth-order valence-corrected chi connectivity index (χ4v) is 2.26. The molecule has 0 aliphatic carbocycles. The molecule has 0 saturated heterocycles. The maximum atomic E-state index is 14.4. The number of nitrogens with two attached hydrogens (primary N) is 1. The van der Waals surface area contributed by atoms with Gasteiger partial charge in [-0.2, -0.15) is 8.78 Å². The fraction of sp³-hybridized carbons (Fsp3) is 0.222. The number of primary amides is 1. The predicted octanol–water partition coefficient (Wildman–Crippen LogP) is 2.59. The zero-order valence-corrected chi connectivity index (χ0v) is 14.5. The Balaban J connectivity index is 2.31. The van der Waals surface area contributed by atoms with Crippen molar-refractivity contribution in [2.45, 2.75) is 5.92 Å². The van der Waals surface area contributed by atoms with E-state index in [9.17, 15) is 18.4 Å². The molecule has 138 valence electrons. The van der Waals surface area contributed by atoms with Crippen LogP contribution in [0.15, 0.2) is 42.5 Å². The van der Waals surface area contributed by atoms with E-state index in [1.165, 1.54) is 31.4 Å². The number of hydrogen-bond acceptors (Lipinski definition) is 4. The van der Waals surface area contributed by atoms with Crippen molar-refractivity contribution in [1.29, 1.82) is 0 Å². The summed E-state index contributed by atoms with van der Waals surface area (Å²) in [4.78, 5) is 25.5. The number of amides is 2. The molecule has 0 radical (unpaired) electrons. The van der Waals surface area contributed by atoms with Gasteiger partial charge in [0.05, 0.1) is 18.4 Å². The van der Waals surface area contributed by atoms with E-state index in [2.05, 4.69) is 5.32 Å². The molecule has 26 heavy (non-hydrogen) atoms. The van der Waals surface area contributed by atoms with Gasteiger partial charge in [0.2, 0.25) is 0 Å². The van der Waals surface area contributed by atoms with Crippen LogP contribution in [0.2, 0.25) is 0 Å². The lowest BCUT2D eigenvalue weighted by Gasteiger charge is -2.19. The van der Waals surface area contributed by atoms with E-state index in [1.807, 2.05) is 0 Å². The highest BCUT2D eigenvalue weighted by atomic mass is 19.3. The fourth-order valence-electron chi connectivity index (χ4n) is 2.26. The third kappa shape index (κ3) is 3.90. The van der Waals surface area contributed by atoms with Crippen molar-refractivity contribution in [1.82, 2.24) is 0 Å². The first-order valence-corrected chi connectivity index (χ1v) is 7.61. The number of ether oxygens (including phenoxy) is 1. The summed E-state index contributed by atoms with van der Waals surface area (Å²) in [6.07, 6.45) is 0. The molecule has 8 heteroatoms. The minimum Gasteiger partial charge on any atom is -0.497 e. The Morgan fingerprint density at radius 2 is 1.73 bits per heavy atom. The molecule has 0 bridgehead atoms. The van der Waals surface area contributed by atoms with E-state index in [4.69, 9.17) is 10.5 Å². The Hall–Kier alpha value is -3.16. The molecular weight excluding hydrogens is 344 g/mol. The van der Waals surface area contributed by atoms with Crippen LogP contribution in [0, 0.1) is 0 Å². The Morgan fingerprint density at radius 3 is 2.23 bits per heavy atom. The highest BCUT2D eigenvalue weighted by Gasteiger charge is 2.41. The maximum Gasteiger partial charge on any atom is 0.350 e. The van der Waals surface area contributed by atoms with Gasteiger partial charge in [0.15, 0.2) is 0 Å². The Kier molecular flexibility index (Phi) is 5.44. The lowest BCUT2D eigenvalue weighted by Crippen LogP contribution is -2.33. The molecule has 0 spiro atoms. The first-order chi connectivity index (χ1) is 12.2. The van der Waals surface area contributed by atoms with Crippen LogP contribution < -0.4 is 20.7 Å². The molecule has 2 aromatic rings. The zero-order valence-electron chi connectivity index (χ0n) is 14.5. The summed E-state index contributed by atoms with van der Waals surface area (Å²) in [7, 11) is 4.90. The number of anilines is 2. The van der Waals surface area contributed by atoms with Gasteiger partial charge >= 0.3 is 5.92 Å². The number of carbonyl (C=O) groups is 2. The van der Waals surface area contributed by atoms with Crippen LogP contribution >= 0.6 is 0 Å². The van der Waals surface area contributed by atoms with E-state index >= 15 is 0 Å². The number of methoxy groups -OCH3 is 1. The van der Waals surface area contributed by atoms with Crippen molar-refractivity contribution in [2.24, 2.45) is 5.73 Å². The second-order valence-corrected chi connectivity index (χ2v) is 5.75. The normalized spacial score (nSPS) is 11.0. The van der Waals surface area contributed by atoms with Crippen LogP contribution in [-0.2, 0) is 10.7 Å². The molecule has 0 atom stereocenters. The molecule has 2 rings (SSSR count). The lowest BCUT2D eigenvalue weighted by atomic mass is 10.1. The first kappa shape index (κ1) is 19.2. The molecule has 0 aliphatic heterocycles. The van der Waals surface area contributed by atoms with Gasteiger partial charge in [-0.25, -0.2) is 0 Å². The maximum absolute atomic E-state index is 14.4. The van der Waals surface area contributed by atoms with Gasteiger partial charge < -0.3 is 20.7 Å². The molecule has 0 saturated carbocycles. The molecular formula is C18H19F2N3O3. The number of benzene rings is 2. The SMILES string of the molecule is COc1ccc(C(F)(F)C(=O)Nc2ccc(N(C)C)cc2C(N)=O)cc1. The summed E-state index contributed by atoms with van der Waals surface area (Å²) in [5.74, 6) is -5.82. The Labute approximate surface area is 149 Å². The Morgan fingerprint density at radius 1 is 1.12 bits per heavy atom. The van der Waals surface area contributed by atoms with Gasteiger partial charge in [0, 0.05) is 25.3 Å².